The number of benzene rings is 1. The Morgan fingerprint density at radius 1 is 1.12 bits per heavy atom. The van der Waals surface area contributed by atoms with Gasteiger partial charge in [-0.2, -0.15) is 0 Å². The maximum atomic E-state index is 6.08. The van der Waals surface area contributed by atoms with Crippen LogP contribution in [0.4, 0.5) is 0 Å². The van der Waals surface area contributed by atoms with Gasteiger partial charge in [-0.15, -0.1) is 12.4 Å². The molecule has 1 unspecified atom stereocenters. The average molecular weight is 246 g/mol. The number of rotatable bonds is 4. The highest BCUT2D eigenvalue weighted by Crippen LogP contribution is 2.31. The van der Waals surface area contributed by atoms with Gasteiger partial charge in [-0.3, -0.25) is 0 Å². The molecule has 0 aliphatic heterocycles. The van der Waals surface area contributed by atoms with Crippen LogP contribution >= 0.6 is 12.4 Å². The monoisotopic (exact) mass is 245 g/mol. The van der Waals surface area contributed by atoms with Crippen LogP contribution in [0.15, 0.2) is 18.2 Å². The molecule has 0 aliphatic carbocycles. The van der Waals surface area contributed by atoms with Gasteiger partial charge in [-0.05, 0) is 12.0 Å². The van der Waals surface area contributed by atoms with Crippen molar-refractivity contribution >= 4 is 12.4 Å². The summed E-state index contributed by atoms with van der Waals surface area (Å²) in [6, 6.07) is 5.71. The molecule has 1 atom stereocenters. The van der Waals surface area contributed by atoms with Gasteiger partial charge in [0.15, 0.2) is 0 Å². The summed E-state index contributed by atoms with van der Waals surface area (Å²) in [5.74, 6) is 1.95. The van der Waals surface area contributed by atoms with Crippen LogP contribution in [0.25, 0.3) is 0 Å². The molecule has 4 heteroatoms. The first kappa shape index (κ1) is 15.1. The first-order chi connectivity index (χ1) is 7.10. The van der Waals surface area contributed by atoms with E-state index in [2.05, 4.69) is 13.8 Å². The molecule has 1 rings (SSSR count). The van der Waals surface area contributed by atoms with Gasteiger partial charge in [0.2, 0.25) is 0 Å². The Balaban J connectivity index is 0.00000225. The molecule has 2 N–H and O–H groups in total. The number of hydrogen-bond acceptors (Lipinski definition) is 3. The quantitative estimate of drug-likeness (QED) is 0.887. The van der Waals surface area contributed by atoms with Crippen molar-refractivity contribution in [3.05, 3.63) is 23.8 Å². The number of hydrogen-bond donors (Lipinski definition) is 1. The minimum absolute atomic E-state index is 0. The zero-order chi connectivity index (χ0) is 11.4. The topological polar surface area (TPSA) is 44.5 Å². The first-order valence-electron chi connectivity index (χ1n) is 5.07. The minimum Gasteiger partial charge on any atom is -0.497 e. The third kappa shape index (κ3) is 3.29. The summed E-state index contributed by atoms with van der Waals surface area (Å²) >= 11 is 0. The van der Waals surface area contributed by atoms with Crippen LogP contribution in [0, 0.1) is 5.92 Å². The Hall–Kier alpha value is -0.930. The SMILES string of the molecule is COc1ccc(C(N)C(C)C)c(OC)c1.Cl. The van der Waals surface area contributed by atoms with Crippen LogP contribution in [0.5, 0.6) is 11.5 Å². The minimum atomic E-state index is -0.00847. The van der Waals surface area contributed by atoms with E-state index in [1.807, 2.05) is 18.2 Å². The molecule has 0 radical (unpaired) electrons. The molecule has 1 aromatic carbocycles. The van der Waals surface area contributed by atoms with Crippen molar-refractivity contribution in [3.8, 4) is 11.5 Å². The molecule has 1 aromatic rings. The summed E-state index contributed by atoms with van der Waals surface area (Å²) in [5.41, 5.74) is 7.11. The molecule has 3 nitrogen and oxygen atoms in total. The van der Waals surface area contributed by atoms with Gasteiger partial charge in [0.1, 0.15) is 11.5 Å². The van der Waals surface area contributed by atoms with Crippen molar-refractivity contribution in [2.45, 2.75) is 19.9 Å². The van der Waals surface area contributed by atoms with Crippen molar-refractivity contribution in [2.24, 2.45) is 11.7 Å². The van der Waals surface area contributed by atoms with Crippen LogP contribution in [0.3, 0.4) is 0 Å². The molecular weight excluding hydrogens is 226 g/mol. The van der Waals surface area contributed by atoms with Crippen LogP contribution < -0.4 is 15.2 Å². The third-order valence-electron chi connectivity index (χ3n) is 2.52. The zero-order valence-corrected chi connectivity index (χ0v) is 11.0. The predicted octanol–water partition coefficient (Wildman–Crippen LogP) is 2.78. The highest BCUT2D eigenvalue weighted by Gasteiger charge is 2.15. The van der Waals surface area contributed by atoms with E-state index in [1.54, 1.807) is 14.2 Å². The van der Waals surface area contributed by atoms with Crippen molar-refractivity contribution in [3.63, 3.8) is 0 Å². The van der Waals surface area contributed by atoms with Gasteiger partial charge in [0.25, 0.3) is 0 Å². The molecule has 0 saturated carbocycles. The maximum Gasteiger partial charge on any atom is 0.127 e. The molecule has 0 amide bonds. The molecule has 0 bridgehead atoms. The predicted molar refractivity (Wildman–Crippen MR) is 68.6 cm³/mol. The Morgan fingerprint density at radius 3 is 2.19 bits per heavy atom. The Bertz CT molecular complexity index is 329. The fourth-order valence-electron chi connectivity index (χ4n) is 1.45. The standard InChI is InChI=1S/C12H19NO2.ClH/c1-8(2)12(13)10-6-5-9(14-3)7-11(10)15-4;/h5-8,12H,13H2,1-4H3;1H. The highest BCUT2D eigenvalue weighted by atomic mass is 35.5. The molecular formula is C12H20ClNO2. The summed E-state index contributed by atoms with van der Waals surface area (Å²) in [6.45, 7) is 4.18. The third-order valence-corrected chi connectivity index (χ3v) is 2.52. The van der Waals surface area contributed by atoms with Crippen molar-refractivity contribution < 1.29 is 9.47 Å². The highest BCUT2D eigenvalue weighted by molar-refractivity contribution is 5.85. The van der Waals surface area contributed by atoms with Crippen LogP contribution in [0.1, 0.15) is 25.5 Å². The Kier molecular flexibility index (Phi) is 6.22. The number of halogens is 1. The van der Waals surface area contributed by atoms with Gasteiger partial charge in [-0.25, -0.2) is 0 Å². The Morgan fingerprint density at radius 2 is 1.75 bits per heavy atom. The molecule has 0 aromatic heterocycles. The van der Waals surface area contributed by atoms with Gasteiger partial charge in [-0.1, -0.05) is 19.9 Å². The normalized spacial score (nSPS) is 11.9. The lowest BCUT2D eigenvalue weighted by Gasteiger charge is -2.19. The van der Waals surface area contributed by atoms with Crippen molar-refractivity contribution in [1.82, 2.24) is 0 Å². The second kappa shape index (κ2) is 6.61. The van der Waals surface area contributed by atoms with Gasteiger partial charge >= 0.3 is 0 Å². The van der Waals surface area contributed by atoms with E-state index in [9.17, 15) is 0 Å². The van der Waals surface area contributed by atoms with E-state index in [-0.39, 0.29) is 18.4 Å². The van der Waals surface area contributed by atoms with Gasteiger partial charge < -0.3 is 15.2 Å². The second-order valence-corrected chi connectivity index (χ2v) is 3.88. The largest absolute Gasteiger partial charge is 0.497 e. The molecule has 0 aliphatic rings. The van der Waals surface area contributed by atoms with E-state index >= 15 is 0 Å². The molecule has 0 saturated heterocycles. The lowest BCUT2D eigenvalue weighted by Crippen LogP contribution is -2.17. The summed E-state index contributed by atoms with van der Waals surface area (Å²) in [4.78, 5) is 0. The summed E-state index contributed by atoms with van der Waals surface area (Å²) in [6.07, 6.45) is 0. The van der Waals surface area contributed by atoms with E-state index in [0.717, 1.165) is 17.1 Å². The zero-order valence-electron chi connectivity index (χ0n) is 10.2. The summed E-state index contributed by atoms with van der Waals surface area (Å²) < 4.78 is 10.4. The van der Waals surface area contributed by atoms with E-state index in [0.29, 0.717) is 5.92 Å². The average Bonchev–Trinajstić information content (AvgIpc) is 2.27. The van der Waals surface area contributed by atoms with Crippen LogP contribution in [0.2, 0.25) is 0 Å². The number of ether oxygens (including phenoxy) is 2. The van der Waals surface area contributed by atoms with E-state index in [1.165, 1.54) is 0 Å². The molecule has 0 spiro atoms. The summed E-state index contributed by atoms with van der Waals surface area (Å²) in [7, 11) is 3.28. The van der Waals surface area contributed by atoms with Crippen molar-refractivity contribution in [1.29, 1.82) is 0 Å². The van der Waals surface area contributed by atoms with Crippen LogP contribution in [-0.2, 0) is 0 Å². The maximum absolute atomic E-state index is 6.08. The molecule has 16 heavy (non-hydrogen) atoms. The second-order valence-electron chi connectivity index (χ2n) is 3.88. The fraction of sp³-hybridized carbons (Fsp3) is 0.500. The number of nitrogens with two attached hydrogens (primary N) is 1. The molecule has 92 valence electrons. The lowest BCUT2D eigenvalue weighted by atomic mass is 9.96. The van der Waals surface area contributed by atoms with Gasteiger partial charge in [0.05, 0.1) is 14.2 Å². The first-order valence-corrected chi connectivity index (χ1v) is 5.07. The number of methoxy groups -OCH3 is 2. The lowest BCUT2D eigenvalue weighted by molar-refractivity contribution is 0.382. The van der Waals surface area contributed by atoms with Crippen molar-refractivity contribution in [2.75, 3.05) is 14.2 Å². The smallest absolute Gasteiger partial charge is 0.127 e. The van der Waals surface area contributed by atoms with E-state index in [4.69, 9.17) is 15.2 Å². The Labute approximate surface area is 103 Å². The molecule has 0 fully saturated rings. The fourth-order valence-corrected chi connectivity index (χ4v) is 1.45. The molecule has 0 heterocycles. The van der Waals surface area contributed by atoms with Gasteiger partial charge in [0, 0.05) is 17.7 Å². The van der Waals surface area contributed by atoms with Crippen LogP contribution in [-0.4, -0.2) is 14.2 Å². The summed E-state index contributed by atoms with van der Waals surface area (Å²) in [5, 5.41) is 0. The van der Waals surface area contributed by atoms with E-state index < -0.39 is 0 Å².